The van der Waals surface area contributed by atoms with Crippen LogP contribution in [0.4, 0.5) is 11.5 Å². The summed E-state index contributed by atoms with van der Waals surface area (Å²) < 4.78 is 1.66. The van der Waals surface area contributed by atoms with Gasteiger partial charge in [-0.2, -0.15) is 4.68 Å². The Morgan fingerprint density at radius 3 is 2.67 bits per heavy atom. The lowest BCUT2D eigenvalue weighted by Gasteiger charge is -2.10. The highest BCUT2D eigenvalue weighted by Crippen LogP contribution is 2.25. The minimum Gasteiger partial charge on any atom is -0.355 e. The highest BCUT2D eigenvalue weighted by Gasteiger charge is 2.14. The Kier molecular flexibility index (Phi) is 4.21. The number of hydrogen-bond acceptors (Lipinski definition) is 6. The summed E-state index contributed by atoms with van der Waals surface area (Å²) in [6, 6.07) is 15.1. The molecule has 0 aliphatic heterocycles. The number of rotatable bonds is 4. The van der Waals surface area contributed by atoms with Crippen molar-refractivity contribution in [3.05, 3.63) is 66.0 Å². The monoisotopic (exact) mass is 359 g/mol. The van der Waals surface area contributed by atoms with Gasteiger partial charge in [0.2, 0.25) is 0 Å². The van der Waals surface area contributed by atoms with E-state index in [0.29, 0.717) is 22.5 Å². The number of hydrogen-bond donors (Lipinski definition) is 2. The van der Waals surface area contributed by atoms with Crippen molar-refractivity contribution in [3.63, 3.8) is 0 Å². The van der Waals surface area contributed by atoms with Crippen LogP contribution in [0.15, 0.2) is 54.9 Å². The molecular weight excluding hydrogens is 342 g/mol. The van der Waals surface area contributed by atoms with E-state index in [9.17, 15) is 4.79 Å². The molecule has 4 aromatic rings. The molecule has 0 radical (unpaired) electrons. The largest absolute Gasteiger partial charge is 0.355 e. The first-order valence-corrected chi connectivity index (χ1v) is 8.39. The highest BCUT2D eigenvalue weighted by atomic mass is 16.1. The van der Waals surface area contributed by atoms with Crippen LogP contribution in [0.3, 0.4) is 0 Å². The average molecular weight is 359 g/mol. The Morgan fingerprint density at radius 2 is 1.89 bits per heavy atom. The summed E-state index contributed by atoms with van der Waals surface area (Å²) in [6.45, 7) is 1.95. The Balaban J connectivity index is 1.76. The van der Waals surface area contributed by atoms with Crippen molar-refractivity contribution in [2.24, 2.45) is 0 Å². The molecular formula is C19H17N7O. The first kappa shape index (κ1) is 16.6. The maximum absolute atomic E-state index is 11.9. The highest BCUT2D eigenvalue weighted by molar-refractivity contribution is 5.95. The molecule has 0 unspecified atom stereocenters. The normalized spacial score (nSPS) is 10.7. The van der Waals surface area contributed by atoms with E-state index < -0.39 is 0 Å². The molecule has 1 amide bonds. The van der Waals surface area contributed by atoms with Gasteiger partial charge in [-0.05, 0) is 36.8 Å². The quantitative estimate of drug-likeness (QED) is 0.581. The number of nitrogens with zero attached hydrogens (tertiary/aromatic N) is 5. The summed E-state index contributed by atoms with van der Waals surface area (Å²) in [6.07, 6.45) is 1.46. The maximum Gasteiger partial charge on any atom is 0.251 e. The van der Waals surface area contributed by atoms with Crippen LogP contribution in [0, 0.1) is 6.92 Å². The number of para-hydroxylation sites is 1. The van der Waals surface area contributed by atoms with E-state index in [0.717, 1.165) is 16.9 Å². The van der Waals surface area contributed by atoms with Gasteiger partial charge in [-0.3, -0.25) is 4.79 Å². The van der Waals surface area contributed by atoms with Crippen LogP contribution in [-0.2, 0) is 0 Å². The number of aromatic nitrogens is 5. The molecule has 2 heterocycles. The van der Waals surface area contributed by atoms with Crippen LogP contribution in [-0.4, -0.2) is 37.9 Å². The zero-order valence-corrected chi connectivity index (χ0v) is 14.8. The number of amides is 1. The lowest BCUT2D eigenvalue weighted by Crippen LogP contribution is -2.17. The molecule has 4 rings (SSSR count). The van der Waals surface area contributed by atoms with Gasteiger partial charge < -0.3 is 10.6 Å². The minimum absolute atomic E-state index is 0.152. The summed E-state index contributed by atoms with van der Waals surface area (Å²) in [5.74, 6) is 0.375. The van der Waals surface area contributed by atoms with Crippen molar-refractivity contribution in [2.75, 3.05) is 12.4 Å². The number of nitrogens with one attached hydrogen (secondary N) is 2. The fraction of sp³-hybridized carbons (Fsp3) is 0.105. The Hall–Kier alpha value is -3.81. The van der Waals surface area contributed by atoms with Gasteiger partial charge in [0.1, 0.15) is 6.33 Å². The third-order valence-corrected chi connectivity index (χ3v) is 4.22. The summed E-state index contributed by atoms with van der Waals surface area (Å²) in [5, 5.41) is 14.3. The second-order valence-corrected chi connectivity index (χ2v) is 5.97. The SMILES string of the molecule is CNC(=O)c1ccc(C)c(Nc2ncnc3c2nnn3-c2ccccc2)c1. The van der Waals surface area contributed by atoms with Crippen LogP contribution in [0.2, 0.25) is 0 Å². The van der Waals surface area contributed by atoms with E-state index in [4.69, 9.17) is 0 Å². The van der Waals surface area contributed by atoms with Gasteiger partial charge in [0.25, 0.3) is 5.91 Å². The van der Waals surface area contributed by atoms with Crippen LogP contribution < -0.4 is 10.6 Å². The zero-order chi connectivity index (χ0) is 18.8. The lowest BCUT2D eigenvalue weighted by molar-refractivity contribution is 0.0963. The molecule has 27 heavy (non-hydrogen) atoms. The van der Waals surface area contributed by atoms with Crippen LogP contribution in [0.1, 0.15) is 15.9 Å². The molecule has 2 aromatic carbocycles. The molecule has 134 valence electrons. The topological polar surface area (TPSA) is 97.6 Å². The number of anilines is 2. The van der Waals surface area contributed by atoms with Crippen molar-refractivity contribution >= 4 is 28.6 Å². The molecule has 0 bridgehead atoms. The Morgan fingerprint density at radius 1 is 1.07 bits per heavy atom. The van der Waals surface area contributed by atoms with E-state index in [1.807, 2.05) is 43.3 Å². The smallest absolute Gasteiger partial charge is 0.251 e. The van der Waals surface area contributed by atoms with E-state index in [-0.39, 0.29) is 5.91 Å². The molecule has 0 saturated heterocycles. The molecule has 2 N–H and O–H groups in total. The lowest BCUT2D eigenvalue weighted by atomic mass is 10.1. The van der Waals surface area contributed by atoms with Gasteiger partial charge in [0.15, 0.2) is 17.0 Å². The molecule has 0 spiro atoms. The van der Waals surface area contributed by atoms with Gasteiger partial charge in [-0.15, -0.1) is 5.10 Å². The van der Waals surface area contributed by atoms with Crippen molar-refractivity contribution in [2.45, 2.75) is 6.92 Å². The minimum atomic E-state index is -0.152. The molecule has 0 atom stereocenters. The second kappa shape index (κ2) is 6.83. The molecule has 0 aliphatic rings. The molecule has 0 aliphatic carbocycles. The standard InChI is InChI=1S/C19H17N7O/c1-12-8-9-13(19(27)20-2)10-15(12)23-17-16-18(22-11-21-17)26(25-24-16)14-6-4-3-5-7-14/h3-11H,1-2H3,(H,20,27)(H,21,22,23). The number of fused-ring (bicyclic) bond motifs is 1. The van der Waals surface area contributed by atoms with Gasteiger partial charge in [0, 0.05) is 18.3 Å². The average Bonchev–Trinajstić information content (AvgIpc) is 3.15. The van der Waals surface area contributed by atoms with Crippen molar-refractivity contribution in [1.82, 2.24) is 30.3 Å². The van der Waals surface area contributed by atoms with E-state index in [1.165, 1.54) is 6.33 Å². The van der Waals surface area contributed by atoms with Gasteiger partial charge in [0.05, 0.1) is 5.69 Å². The first-order chi connectivity index (χ1) is 13.2. The molecule has 0 saturated carbocycles. The van der Waals surface area contributed by atoms with E-state index >= 15 is 0 Å². The third kappa shape index (κ3) is 3.08. The predicted octanol–water partition coefficient (Wildman–Crippen LogP) is 2.62. The number of aryl methyl sites for hydroxylation is 1. The van der Waals surface area contributed by atoms with Gasteiger partial charge >= 0.3 is 0 Å². The fourth-order valence-corrected chi connectivity index (χ4v) is 2.75. The molecule has 8 nitrogen and oxygen atoms in total. The summed E-state index contributed by atoms with van der Waals surface area (Å²) in [4.78, 5) is 20.5. The maximum atomic E-state index is 11.9. The van der Waals surface area contributed by atoms with Gasteiger partial charge in [-0.1, -0.05) is 29.5 Å². The number of carbonyl (C=O) groups is 1. The van der Waals surface area contributed by atoms with Crippen LogP contribution >= 0.6 is 0 Å². The molecule has 0 fully saturated rings. The predicted molar refractivity (Wildman–Crippen MR) is 102 cm³/mol. The Bertz CT molecular complexity index is 1120. The van der Waals surface area contributed by atoms with Crippen molar-refractivity contribution < 1.29 is 4.79 Å². The number of benzene rings is 2. The van der Waals surface area contributed by atoms with E-state index in [1.54, 1.807) is 23.9 Å². The zero-order valence-electron chi connectivity index (χ0n) is 14.8. The summed E-state index contributed by atoms with van der Waals surface area (Å²) in [7, 11) is 1.60. The number of carbonyl (C=O) groups excluding carboxylic acids is 1. The fourth-order valence-electron chi connectivity index (χ4n) is 2.75. The first-order valence-electron chi connectivity index (χ1n) is 8.39. The molecule has 8 heteroatoms. The second-order valence-electron chi connectivity index (χ2n) is 5.97. The van der Waals surface area contributed by atoms with Crippen molar-refractivity contribution in [3.8, 4) is 5.69 Å². The molecule has 2 aromatic heterocycles. The third-order valence-electron chi connectivity index (χ3n) is 4.22. The van der Waals surface area contributed by atoms with Crippen LogP contribution in [0.25, 0.3) is 16.9 Å². The van der Waals surface area contributed by atoms with Crippen molar-refractivity contribution in [1.29, 1.82) is 0 Å². The van der Waals surface area contributed by atoms with Gasteiger partial charge in [-0.25, -0.2) is 9.97 Å². The van der Waals surface area contributed by atoms with Crippen LogP contribution in [0.5, 0.6) is 0 Å². The summed E-state index contributed by atoms with van der Waals surface area (Å²) >= 11 is 0. The van der Waals surface area contributed by atoms with E-state index in [2.05, 4.69) is 30.9 Å². The Labute approximate surface area is 155 Å². The summed E-state index contributed by atoms with van der Waals surface area (Å²) in [5.41, 5.74) is 4.31.